The Labute approximate surface area is 105 Å². The van der Waals surface area contributed by atoms with Gasteiger partial charge >= 0.3 is 12.0 Å². The minimum absolute atomic E-state index is 0.307. The minimum Gasteiger partial charge on any atom is -0.480 e. The van der Waals surface area contributed by atoms with E-state index in [4.69, 9.17) is 9.84 Å². The highest BCUT2D eigenvalue weighted by Crippen LogP contribution is 2.20. The maximum atomic E-state index is 11.7. The second kappa shape index (κ2) is 7.39. The summed E-state index contributed by atoms with van der Waals surface area (Å²) in [7, 11) is 0. The average Bonchev–Trinajstić information content (AvgIpc) is 2.77. The Balaban J connectivity index is 2.25. The number of ether oxygens (including phenoxy) is 1. The molecule has 0 spiro atoms. The molecule has 0 aromatic carbocycles. The number of nitrogens with one attached hydrogen (secondary N) is 1. The number of hydrogen-bond donors (Lipinski definition) is 2. The summed E-state index contributed by atoms with van der Waals surface area (Å²) in [5.74, 6) is -0.0462. The number of carboxylic acids is 1. The van der Waals surface area contributed by atoms with E-state index in [-0.39, 0.29) is 6.03 Å². The van der Waals surface area contributed by atoms with Gasteiger partial charge in [0.05, 0.1) is 5.88 Å². The highest BCUT2D eigenvalue weighted by atomic mass is 32.2. The monoisotopic (exact) mass is 262 g/mol. The van der Waals surface area contributed by atoms with E-state index >= 15 is 0 Å². The molecule has 98 valence electrons. The fourth-order valence-electron chi connectivity index (χ4n) is 1.46. The summed E-state index contributed by atoms with van der Waals surface area (Å²) < 4.78 is 5.14. The van der Waals surface area contributed by atoms with E-state index in [9.17, 15) is 9.59 Å². The molecule has 1 saturated heterocycles. The van der Waals surface area contributed by atoms with Crippen LogP contribution >= 0.6 is 11.8 Å². The lowest BCUT2D eigenvalue weighted by Gasteiger charge is -2.20. The van der Waals surface area contributed by atoms with Crippen molar-refractivity contribution in [2.24, 2.45) is 0 Å². The van der Waals surface area contributed by atoms with Gasteiger partial charge in [-0.2, -0.15) is 0 Å². The van der Waals surface area contributed by atoms with Crippen LogP contribution in [0.4, 0.5) is 4.79 Å². The van der Waals surface area contributed by atoms with Gasteiger partial charge < -0.3 is 20.1 Å². The molecule has 1 heterocycles. The van der Waals surface area contributed by atoms with E-state index in [1.54, 1.807) is 0 Å². The van der Waals surface area contributed by atoms with Crippen molar-refractivity contribution < 1.29 is 19.4 Å². The number of carbonyl (C=O) groups is 2. The van der Waals surface area contributed by atoms with Crippen LogP contribution < -0.4 is 5.32 Å². The van der Waals surface area contributed by atoms with Crippen LogP contribution in [0.15, 0.2) is 0 Å². The highest BCUT2D eigenvalue weighted by molar-refractivity contribution is 7.99. The molecule has 1 rings (SSSR count). The maximum absolute atomic E-state index is 11.7. The van der Waals surface area contributed by atoms with Crippen LogP contribution in [0.5, 0.6) is 0 Å². The van der Waals surface area contributed by atoms with Crippen LogP contribution in [-0.4, -0.2) is 59.4 Å². The lowest BCUT2D eigenvalue weighted by Crippen LogP contribution is -2.47. The number of carbonyl (C=O) groups excluding carboxylic acids is 1. The van der Waals surface area contributed by atoms with Crippen LogP contribution in [-0.2, 0) is 9.53 Å². The Morgan fingerprint density at radius 3 is 3.00 bits per heavy atom. The zero-order valence-electron chi connectivity index (χ0n) is 9.85. The van der Waals surface area contributed by atoms with Gasteiger partial charge in [0.1, 0.15) is 6.04 Å². The second-order valence-corrected chi connectivity index (χ2v) is 4.61. The molecule has 1 fully saturated rings. The zero-order valence-corrected chi connectivity index (χ0v) is 10.7. The summed E-state index contributed by atoms with van der Waals surface area (Å²) in [6.07, 6.45) is 0.734. The summed E-state index contributed by atoms with van der Waals surface area (Å²) in [4.78, 5) is 23.9. The second-order valence-electron chi connectivity index (χ2n) is 3.61. The lowest BCUT2D eigenvalue weighted by molar-refractivity contribution is -0.140. The van der Waals surface area contributed by atoms with Crippen LogP contribution in [0, 0.1) is 0 Å². The number of rotatable bonds is 6. The van der Waals surface area contributed by atoms with Crippen molar-refractivity contribution in [1.29, 1.82) is 0 Å². The summed E-state index contributed by atoms with van der Waals surface area (Å²) in [5, 5.41) is 11.6. The number of thioether (sulfide) groups is 1. The standard InChI is InChI=1S/C10H18N2O4S/c1-2-16-5-3-4-11-10(15)12-7-17-6-8(12)9(13)14/h8H,2-7H2,1H3,(H,11,15)(H,13,14). The molecule has 2 amide bonds. The molecule has 0 aromatic heterocycles. The summed E-state index contributed by atoms with van der Waals surface area (Å²) >= 11 is 1.45. The van der Waals surface area contributed by atoms with Crippen molar-refractivity contribution in [3.05, 3.63) is 0 Å². The molecule has 6 nitrogen and oxygen atoms in total. The van der Waals surface area contributed by atoms with E-state index < -0.39 is 12.0 Å². The van der Waals surface area contributed by atoms with Gasteiger partial charge in [0.15, 0.2) is 0 Å². The molecule has 17 heavy (non-hydrogen) atoms. The molecular formula is C10H18N2O4S. The number of hydrogen-bond acceptors (Lipinski definition) is 4. The Morgan fingerprint density at radius 1 is 1.59 bits per heavy atom. The van der Waals surface area contributed by atoms with Crippen molar-refractivity contribution in [2.45, 2.75) is 19.4 Å². The number of carboxylic acid groups (broad SMARTS) is 1. The summed E-state index contributed by atoms with van der Waals surface area (Å²) in [5.41, 5.74) is 0. The Morgan fingerprint density at radius 2 is 2.35 bits per heavy atom. The Kier molecular flexibility index (Phi) is 6.13. The number of nitrogens with zero attached hydrogens (tertiary/aromatic N) is 1. The first-order valence-corrected chi connectivity index (χ1v) is 6.75. The number of urea groups is 1. The predicted octanol–water partition coefficient (Wildman–Crippen LogP) is 0.582. The number of amides is 2. The first-order valence-electron chi connectivity index (χ1n) is 5.59. The topological polar surface area (TPSA) is 78.9 Å². The highest BCUT2D eigenvalue weighted by Gasteiger charge is 2.34. The van der Waals surface area contributed by atoms with E-state index in [1.807, 2.05) is 6.92 Å². The molecular weight excluding hydrogens is 244 g/mol. The third-order valence-corrected chi connectivity index (χ3v) is 3.39. The average molecular weight is 262 g/mol. The van der Waals surface area contributed by atoms with Crippen LogP contribution in [0.1, 0.15) is 13.3 Å². The van der Waals surface area contributed by atoms with Crippen molar-refractivity contribution in [3.8, 4) is 0 Å². The molecule has 1 aliphatic heterocycles. The van der Waals surface area contributed by atoms with Crippen LogP contribution in [0.25, 0.3) is 0 Å². The molecule has 1 aliphatic rings. The third-order valence-electron chi connectivity index (χ3n) is 2.37. The Hall–Kier alpha value is -0.950. The van der Waals surface area contributed by atoms with Crippen LogP contribution in [0.2, 0.25) is 0 Å². The van der Waals surface area contributed by atoms with E-state index in [2.05, 4.69) is 5.32 Å². The Bertz CT molecular complexity index is 275. The molecule has 0 aliphatic carbocycles. The SMILES string of the molecule is CCOCCCNC(=O)N1CSCC1C(=O)O. The quantitative estimate of drug-likeness (QED) is 0.685. The largest absolute Gasteiger partial charge is 0.480 e. The van der Waals surface area contributed by atoms with E-state index in [0.29, 0.717) is 31.4 Å². The first kappa shape index (κ1) is 14.1. The van der Waals surface area contributed by atoms with Gasteiger partial charge in [0.2, 0.25) is 0 Å². The predicted molar refractivity (Wildman–Crippen MR) is 65.1 cm³/mol. The molecule has 2 N–H and O–H groups in total. The fourth-order valence-corrected chi connectivity index (χ4v) is 2.61. The van der Waals surface area contributed by atoms with Gasteiger partial charge in [0.25, 0.3) is 0 Å². The summed E-state index contributed by atoms with van der Waals surface area (Å²) in [6.45, 7) is 3.69. The molecule has 0 bridgehead atoms. The van der Waals surface area contributed by atoms with Crippen molar-refractivity contribution in [2.75, 3.05) is 31.4 Å². The molecule has 1 atom stereocenters. The van der Waals surface area contributed by atoms with Crippen molar-refractivity contribution >= 4 is 23.8 Å². The van der Waals surface area contributed by atoms with Gasteiger partial charge in [-0.1, -0.05) is 0 Å². The summed E-state index contributed by atoms with van der Waals surface area (Å²) in [6, 6.07) is -1.01. The normalized spacial score (nSPS) is 19.4. The van der Waals surface area contributed by atoms with Gasteiger partial charge in [-0.15, -0.1) is 11.8 Å². The number of aliphatic carboxylic acids is 1. The molecule has 0 saturated carbocycles. The molecule has 0 radical (unpaired) electrons. The van der Waals surface area contributed by atoms with Gasteiger partial charge in [0, 0.05) is 25.5 Å². The smallest absolute Gasteiger partial charge is 0.327 e. The van der Waals surface area contributed by atoms with E-state index in [1.165, 1.54) is 16.7 Å². The maximum Gasteiger partial charge on any atom is 0.327 e. The minimum atomic E-state index is -0.945. The van der Waals surface area contributed by atoms with Gasteiger partial charge in [-0.3, -0.25) is 0 Å². The molecule has 1 unspecified atom stereocenters. The van der Waals surface area contributed by atoms with Crippen molar-refractivity contribution in [1.82, 2.24) is 10.2 Å². The zero-order chi connectivity index (χ0) is 12.7. The molecule has 0 aromatic rings. The van der Waals surface area contributed by atoms with Gasteiger partial charge in [-0.05, 0) is 13.3 Å². The van der Waals surface area contributed by atoms with Crippen molar-refractivity contribution in [3.63, 3.8) is 0 Å². The van der Waals surface area contributed by atoms with Gasteiger partial charge in [-0.25, -0.2) is 9.59 Å². The fraction of sp³-hybridized carbons (Fsp3) is 0.800. The first-order chi connectivity index (χ1) is 8.16. The molecule has 7 heteroatoms. The van der Waals surface area contributed by atoms with Crippen LogP contribution in [0.3, 0.4) is 0 Å². The lowest BCUT2D eigenvalue weighted by atomic mass is 10.3. The van der Waals surface area contributed by atoms with E-state index in [0.717, 1.165) is 6.42 Å². The third kappa shape index (κ3) is 4.43.